The Labute approximate surface area is 282 Å². The van der Waals surface area contributed by atoms with Gasteiger partial charge in [0.25, 0.3) is 17.7 Å². The first-order chi connectivity index (χ1) is 23.2. The number of nitrogens with zero attached hydrogens (tertiary/aromatic N) is 4. The lowest BCUT2D eigenvalue weighted by atomic mass is 9.71. The fraction of sp³-hybridized carbons (Fsp3) is 0.359. The van der Waals surface area contributed by atoms with Gasteiger partial charge in [-0.25, -0.2) is 0 Å². The minimum atomic E-state index is -0.136. The highest BCUT2D eigenvalue weighted by Gasteiger charge is 2.48. The number of likely N-dealkylation sites (tertiary alicyclic amines) is 1. The maximum absolute atomic E-state index is 13.4. The molecule has 4 aromatic rings. The summed E-state index contributed by atoms with van der Waals surface area (Å²) in [6.07, 6.45) is 3.31. The van der Waals surface area contributed by atoms with Crippen molar-refractivity contribution in [1.29, 1.82) is 0 Å². The van der Waals surface area contributed by atoms with E-state index in [1.165, 1.54) is 23.2 Å². The van der Waals surface area contributed by atoms with Crippen LogP contribution in [-0.4, -0.2) is 77.8 Å². The highest BCUT2D eigenvalue weighted by atomic mass is 16.2. The van der Waals surface area contributed by atoms with Crippen LogP contribution in [0.3, 0.4) is 0 Å². The van der Waals surface area contributed by atoms with Gasteiger partial charge in [0.2, 0.25) is 0 Å². The Hall–Kier alpha value is -4.73. The molecule has 7 rings (SSSR count). The zero-order valence-corrected chi connectivity index (χ0v) is 28.0. The summed E-state index contributed by atoms with van der Waals surface area (Å²) in [6.45, 7) is 4.94. The molecule has 2 fully saturated rings. The molecular weight excluding hydrogens is 600 g/mol. The third-order valence-corrected chi connectivity index (χ3v) is 10.4. The molecule has 3 amide bonds. The molecule has 2 aliphatic heterocycles. The van der Waals surface area contributed by atoms with Crippen molar-refractivity contribution in [3.05, 3.63) is 124 Å². The molecule has 1 spiro atoms. The number of likely N-dealkylation sites (N-methyl/N-ethyl adjacent to an activating group) is 1. The van der Waals surface area contributed by atoms with Crippen molar-refractivity contribution in [2.75, 3.05) is 46.1 Å². The molecule has 2 N–H and O–H groups in total. The predicted octanol–water partition coefficient (Wildman–Crippen LogP) is 5.30. The molecule has 9 heteroatoms. The number of anilines is 1. The summed E-state index contributed by atoms with van der Waals surface area (Å²) in [5.74, 6) is 0.341. The fourth-order valence-corrected chi connectivity index (χ4v) is 7.45. The largest absolute Gasteiger partial charge is 0.347 e. The van der Waals surface area contributed by atoms with Crippen LogP contribution in [0, 0.1) is 0 Å². The molecule has 0 unspecified atom stereocenters. The second kappa shape index (κ2) is 13.1. The van der Waals surface area contributed by atoms with E-state index in [1.807, 2.05) is 54.6 Å². The normalized spacial score (nSPS) is 17.2. The Morgan fingerprint density at radius 3 is 2.08 bits per heavy atom. The van der Waals surface area contributed by atoms with E-state index in [2.05, 4.69) is 62.4 Å². The van der Waals surface area contributed by atoms with Crippen molar-refractivity contribution < 1.29 is 14.4 Å². The monoisotopic (exact) mass is 644 g/mol. The summed E-state index contributed by atoms with van der Waals surface area (Å²) in [6, 6.07) is 27.6. The first-order valence-electron chi connectivity index (χ1n) is 16.9. The lowest BCUT2D eigenvalue weighted by molar-refractivity contribution is -0.0217. The van der Waals surface area contributed by atoms with E-state index in [0.717, 1.165) is 51.1 Å². The van der Waals surface area contributed by atoms with Crippen LogP contribution in [0.1, 0.15) is 78.8 Å². The van der Waals surface area contributed by atoms with Crippen LogP contribution in [0.25, 0.3) is 0 Å². The number of amides is 3. The van der Waals surface area contributed by atoms with Gasteiger partial charge in [0.1, 0.15) is 5.69 Å². The number of hydrogen-bond donors (Lipinski definition) is 2. The number of hydrogen-bond acceptors (Lipinski definition) is 5. The Kier molecular flexibility index (Phi) is 8.66. The van der Waals surface area contributed by atoms with Gasteiger partial charge < -0.3 is 25.0 Å². The SMILES string of the molecule is CN1CC(c2ccc(C(=O)Nc3ccc(CNC(=O)c4ccc5n4CCN(Cc4ccc(C(=O)N(C)C)cc4)C54CCC4)cc3)cc2)C1. The molecule has 3 heterocycles. The van der Waals surface area contributed by atoms with Gasteiger partial charge in [-0.2, -0.15) is 0 Å². The van der Waals surface area contributed by atoms with E-state index in [1.54, 1.807) is 19.0 Å². The minimum absolute atomic E-state index is 0.00810. The van der Waals surface area contributed by atoms with E-state index in [0.29, 0.717) is 35.0 Å². The fourth-order valence-electron chi connectivity index (χ4n) is 7.45. The van der Waals surface area contributed by atoms with Gasteiger partial charge in [0, 0.05) is 81.8 Å². The zero-order chi connectivity index (χ0) is 33.4. The zero-order valence-electron chi connectivity index (χ0n) is 28.0. The van der Waals surface area contributed by atoms with Gasteiger partial charge in [-0.1, -0.05) is 36.4 Å². The average Bonchev–Trinajstić information content (AvgIpc) is 3.50. The van der Waals surface area contributed by atoms with Crippen molar-refractivity contribution in [3.8, 4) is 0 Å². The Morgan fingerprint density at radius 1 is 0.792 bits per heavy atom. The van der Waals surface area contributed by atoms with E-state index in [9.17, 15) is 14.4 Å². The molecular formula is C39H44N6O3. The number of fused-ring (bicyclic) bond motifs is 2. The summed E-state index contributed by atoms with van der Waals surface area (Å²) in [7, 11) is 5.65. The number of carbonyl (C=O) groups is 3. The van der Waals surface area contributed by atoms with E-state index >= 15 is 0 Å². The molecule has 3 aromatic carbocycles. The lowest BCUT2D eigenvalue weighted by Crippen LogP contribution is -2.56. The Balaban J connectivity index is 0.945. The molecule has 1 saturated carbocycles. The molecule has 3 aliphatic rings. The standard InChI is InChI=1S/C39H44N6O3/c1-42(2)38(48)31-9-5-28(6-10-31)24-44-21-22-45-34(17-18-35(45)39(44)19-4-20-39)37(47)40-23-27-7-15-33(16-8-27)41-36(46)30-13-11-29(12-14-30)32-25-43(3)26-32/h5-18,32H,4,19-26H2,1-3H3,(H,40,47)(H,41,46). The third-order valence-electron chi connectivity index (χ3n) is 10.4. The summed E-state index contributed by atoms with van der Waals surface area (Å²) in [5.41, 5.74) is 7.32. The van der Waals surface area contributed by atoms with Crippen molar-refractivity contribution >= 4 is 23.4 Å². The molecule has 9 nitrogen and oxygen atoms in total. The Bertz CT molecular complexity index is 1800. The van der Waals surface area contributed by atoms with Crippen molar-refractivity contribution in [2.45, 2.75) is 50.4 Å². The molecule has 0 radical (unpaired) electrons. The number of nitrogens with one attached hydrogen (secondary N) is 2. The van der Waals surface area contributed by atoms with Crippen LogP contribution in [0.2, 0.25) is 0 Å². The van der Waals surface area contributed by atoms with Crippen LogP contribution in [0.15, 0.2) is 84.9 Å². The van der Waals surface area contributed by atoms with Crippen LogP contribution < -0.4 is 10.6 Å². The predicted molar refractivity (Wildman–Crippen MR) is 187 cm³/mol. The maximum atomic E-state index is 13.4. The first kappa shape index (κ1) is 31.8. The van der Waals surface area contributed by atoms with Gasteiger partial charge >= 0.3 is 0 Å². The molecule has 1 saturated heterocycles. The third kappa shape index (κ3) is 6.16. The van der Waals surface area contributed by atoms with E-state index < -0.39 is 0 Å². The Morgan fingerprint density at radius 2 is 1.46 bits per heavy atom. The van der Waals surface area contributed by atoms with E-state index in [4.69, 9.17) is 0 Å². The average molecular weight is 645 g/mol. The van der Waals surface area contributed by atoms with Crippen LogP contribution in [0.4, 0.5) is 5.69 Å². The quantitative estimate of drug-likeness (QED) is 0.258. The highest BCUT2D eigenvalue weighted by molar-refractivity contribution is 6.04. The molecule has 248 valence electrons. The highest BCUT2D eigenvalue weighted by Crippen LogP contribution is 2.49. The van der Waals surface area contributed by atoms with Crippen molar-refractivity contribution in [2.24, 2.45) is 0 Å². The summed E-state index contributed by atoms with van der Waals surface area (Å²) >= 11 is 0. The smallest absolute Gasteiger partial charge is 0.268 e. The van der Waals surface area contributed by atoms with E-state index in [-0.39, 0.29) is 23.3 Å². The minimum Gasteiger partial charge on any atom is -0.347 e. The number of rotatable bonds is 9. The molecule has 0 atom stereocenters. The van der Waals surface area contributed by atoms with Crippen LogP contribution >= 0.6 is 0 Å². The topological polar surface area (TPSA) is 89.9 Å². The second-order valence-electron chi connectivity index (χ2n) is 13.8. The van der Waals surface area contributed by atoms with Crippen molar-refractivity contribution in [3.63, 3.8) is 0 Å². The maximum Gasteiger partial charge on any atom is 0.268 e. The number of carbonyl (C=O) groups excluding carboxylic acids is 3. The van der Waals surface area contributed by atoms with Crippen molar-refractivity contribution in [1.82, 2.24) is 24.6 Å². The number of benzene rings is 3. The lowest BCUT2D eigenvalue weighted by Gasteiger charge is -2.53. The first-order valence-corrected chi connectivity index (χ1v) is 16.9. The van der Waals surface area contributed by atoms with Gasteiger partial charge in [-0.15, -0.1) is 0 Å². The second-order valence-corrected chi connectivity index (χ2v) is 13.8. The van der Waals surface area contributed by atoms with Gasteiger partial charge in [-0.3, -0.25) is 19.3 Å². The summed E-state index contributed by atoms with van der Waals surface area (Å²) < 4.78 is 2.21. The van der Waals surface area contributed by atoms with Crippen LogP contribution in [-0.2, 0) is 25.2 Å². The van der Waals surface area contributed by atoms with Gasteiger partial charge in [0.05, 0.1) is 5.54 Å². The summed E-state index contributed by atoms with van der Waals surface area (Å²) in [4.78, 5) is 45.0. The van der Waals surface area contributed by atoms with Crippen LogP contribution in [0.5, 0.6) is 0 Å². The van der Waals surface area contributed by atoms with Gasteiger partial charge in [0.15, 0.2) is 0 Å². The molecule has 1 aliphatic carbocycles. The number of aromatic nitrogens is 1. The summed E-state index contributed by atoms with van der Waals surface area (Å²) in [5, 5.41) is 6.09. The molecule has 1 aromatic heterocycles. The molecule has 48 heavy (non-hydrogen) atoms. The molecule has 0 bridgehead atoms. The van der Waals surface area contributed by atoms with Gasteiger partial charge in [-0.05, 0) is 91.5 Å².